The number of para-hydroxylation sites is 1. The van der Waals surface area contributed by atoms with Crippen molar-refractivity contribution in [3.05, 3.63) is 23.8 Å². The Morgan fingerprint density at radius 2 is 2.22 bits per heavy atom. The molecule has 1 aliphatic rings. The van der Waals surface area contributed by atoms with E-state index in [0.717, 1.165) is 16.2 Å². The number of esters is 1. The fourth-order valence-electron chi connectivity index (χ4n) is 2.62. The highest BCUT2D eigenvalue weighted by atomic mass is 79.9. The lowest BCUT2D eigenvalue weighted by molar-refractivity contribution is -0.142. The van der Waals surface area contributed by atoms with Gasteiger partial charge in [-0.2, -0.15) is 0 Å². The molecule has 23 heavy (non-hydrogen) atoms. The Labute approximate surface area is 149 Å². The molecule has 2 unspecified atom stereocenters. The molecule has 0 amide bonds. The normalized spacial score (nSPS) is 21.0. The van der Waals surface area contributed by atoms with Gasteiger partial charge in [-0.05, 0) is 33.3 Å². The molecule has 0 aliphatic carbocycles. The van der Waals surface area contributed by atoms with Gasteiger partial charge in [0, 0.05) is 5.56 Å². The maximum atomic E-state index is 12.4. The number of Topliss-reactive ketones (excluding diaryl/α,β-unsaturated/α-hetero) is 1. The Morgan fingerprint density at radius 1 is 1.48 bits per heavy atom. The summed E-state index contributed by atoms with van der Waals surface area (Å²) in [7, 11) is 0. The summed E-state index contributed by atoms with van der Waals surface area (Å²) in [5.74, 6) is 0.615. The first kappa shape index (κ1) is 18.3. The Hall–Kier alpha value is -1.01. The predicted octanol–water partition coefficient (Wildman–Crippen LogP) is 3.73. The van der Waals surface area contributed by atoms with Crippen LogP contribution in [0.2, 0.25) is 0 Å². The molecule has 126 valence electrons. The molecular weight excluding hydrogens is 380 g/mol. The molecule has 4 nitrogen and oxygen atoms in total. The second-order valence-corrected chi connectivity index (χ2v) is 7.58. The Kier molecular flexibility index (Phi) is 6.14. The van der Waals surface area contributed by atoms with E-state index in [1.54, 1.807) is 6.92 Å². The van der Waals surface area contributed by atoms with Crippen molar-refractivity contribution in [2.45, 2.75) is 42.8 Å². The second-order valence-electron chi connectivity index (χ2n) is 5.63. The number of halogens is 1. The average molecular weight is 401 g/mol. The average Bonchev–Trinajstić information content (AvgIpc) is 2.55. The lowest BCUT2D eigenvalue weighted by Crippen LogP contribution is -2.38. The van der Waals surface area contributed by atoms with Crippen molar-refractivity contribution < 1.29 is 19.1 Å². The summed E-state index contributed by atoms with van der Waals surface area (Å²) < 4.78 is 10.9. The van der Waals surface area contributed by atoms with Gasteiger partial charge < -0.3 is 9.47 Å². The lowest BCUT2D eigenvalue weighted by Gasteiger charge is -2.35. The van der Waals surface area contributed by atoms with E-state index in [4.69, 9.17) is 9.47 Å². The standard InChI is InChI=1S/C17H21BrO4S/c1-4-21-16(20)11(2)23-13-7-5-6-12-15(13)22-9-8-17(12,3)14(19)10-18/h5-7,11H,4,8-10H2,1-3H3. The lowest BCUT2D eigenvalue weighted by atomic mass is 9.75. The highest BCUT2D eigenvalue weighted by molar-refractivity contribution is 9.09. The molecule has 0 bridgehead atoms. The van der Waals surface area contributed by atoms with Crippen LogP contribution in [0.15, 0.2) is 23.1 Å². The monoisotopic (exact) mass is 400 g/mol. The zero-order chi connectivity index (χ0) is 17.0. The largest absolute Gasteiger partial charge is 0.492 e. The molecule has 0 saturated heterocycles. The van der Waals surface area contributed by atoms with E-state index in [0.29, 0.717) is 25.0 Å². The maximum absolute atomic E-state index is 12.4. The first-order chi connectivity index (χ1) is 10.9. The molecule has 0 fully saturated rings. The van der Waals surface area contributed by atoms with Gasteiger partial charge in [0.1, 0.15) is 11.0 Å². The Bertz CT molecular complexity index is 604. The molecule has 1 aromatic rings. The molecule has 6 heteroatoms. The number of rotatable bonds is 6. The number of benzene rings is 1. The van der Waals surface area contributed by atoms with E-state index in [9.17, 15) is 9.59 Å². The Balaban J connectivity index is 2.33. The van der Waals surface area contributed by atoms with E-state index in [1.165, 1.54) is 11.8 Å². The van der Waals surface area contributed by atoms with E-state index in [-0.39, 0.29) is 17.0 Å². The minimum Gasteiger partial charge on any atom is -0.492 e. The minimum atomic E-state index is -0.555. The molecule has 1 heterocycles. The van der Waals surface area contributed by atoms with Crippen molar-refractivity contribution in [3.63, 3.8) is 0 Å². The van der Waals surface area contributed by atoms with Gasteiger partial charge in [0.25, 0.3) is 0 Å². The van der Waals surface area contributed by atoms with Crippen LogP contribution in [0.4, 0.5) is 0 Å². The van der Waals surface area contributed by atoms with E-state index in [1.807, 2.05) is 32.0 Å². The number of ether oxygens (including phenoxy) is 2. The number of fused-ring (bicyclic) bond motifs is 1. The third-order valence-electron chi connectivity index (χ3n) is 4.08. The first-order valence-electron chi connectivity index (χ1n) is 7.63. The van der Waals surface area contributed by atoms with Crippen LogP contribution in [-0.4, -0.2) is 35.5 Å². The molecular formula is C17H21BrO4S. The fourth-order valence-corrected chi connectivity index (χ4v) is 4.22. The van der Waals surface area contributed by atoms with Crippen molar-refractivity contribution in [1.29, 1.82) is 0 Å². The highest BCUT2D eigenvalue weighted by Gasteiger charge is 2.40. The molecule has 1 aliphatic heterocycles. The van der Waals surface area contributed by atoms with Crippen LogP contribution < -0.4 is 4.74 Å². The van der Waals surface area contributed by atoms with Crippen LogP contribution in [0.5, 0.6) is 5.75 Å². The van der Waals surface area contributed by atoms with Gasteiger partial charge in [0.15, 0.2) is 5.78 Å². The number of ketones is 1. The summed E-state index contributed by atoms with van der Waals surface area (Å²) in [6.45, 7) is 6.42. The van der Waals surface area contributed by atoms with E-state index < -0.39 is 5.41 Å². The number of carbonyl (C=O) groups excluding carboxylic acids is 2. The van der Waals surface area contributed by atoms with Crippen molar-refractivity contribution >= 4 is 39.4 Å². The molecule has 0 saturated carbocycles. The van der Waals surface area contributed by atoms with Crippen LogP contribution in [0, 0.1) is 0 Å². The third kappa shape index (κ3) is 3.74. The molecule has 0 N–H and O–H groups in total. The molecule has 0 radical (unpaired) electrons. The zero-order valence-corrected chi connectivity index (χ0v) is 16.0. The fraction of sp³-hybridized carbons (Fsp3) is 0.529. The van der Waals surface area contributed by atoms with Gasteiger partial charge in [-0.25, -0.2) is 0 Å². The van der Waals surface area contributed by atoms with Crippen LogP contribution in [0.25, 0.3) is 0 Å². The van der Waals surface area contributed by atoms with Gasteiger partial charge in [0.2, 0.25) is 0 Å². The van der Waals surface area contributed by atoms with Crippen LogP contribution in [0.1, 0.15) is 32.8 Å². The number of alkyl halides is 1. The highest BCUT2D eigenvalue weighted by Crippen LogP contribution is 2.45. The van der Waals surface area contributed by atoms with E-state index >= 15 is 0 Å². The van der Waals surface area contributed by atoms with Crippen molar-refractivity contribution in [2.24, 2.45) is 0 Å². The van der Waals surface area contributed by atoms with Crippen molar-refractivity contribution in [3.8, 4) is 5.75 Å². The summed E-state index contributed by atoms with van der Waals surface area (Å²) in [6, 6.07) is 5.77. The third-order valence-corrected chi connectivity index (χ3v) is 5.71. The van der Waals surface area contributed by atoms with Gasteiger partial charge in [-0.1, -0.05) is 28.1 Å². The van der Waals surface area contributed by atoms with Gasteiger partial charge in [0.05, 0.1) is 28.9 Å². The smallest absolute Gasteiger partial charge is 0.319 e. The molecule has 0 aromatic heterocycles. The second kappa shape index (κ2) is 7.71. The molecule has 0 spiro atoms. The predicted molar refractivity (Wildman–Crippen MR) is 94.7 cm³/mol. The summed E-state index contributed by atoms with van der Waals surface area (Å²) in [6.07, 6.45) is 0.659. The van der Waals surface area contributed by atoms with E-state index in [2.05, 4.69) is 15.9 Å². The number of hydrogen-bond acceptors (Lipinski definition) is 5. The van der Waals surface area contributed by atoms with Gasteiger partial charge in [-0.3, -0.25) is 9.59 Å². The quantitative estimate of drug-likeness (QED) is 0.413. The zero-order valence-electron chi connectivity index (χ0n) is 13.6. The summed E-state index contributed by atoms with van der Waals surface area (Å²) in [5, 5.41) is -0.00962. The molecule has 2 rings (SSSR count). The first-order valence-corrected chi connectivity index (χ1v) is 9.63. The molecule has 1 aromatic carbocycles. The maximum Gasteiger partial charge on any atom is 0.319 e. The number of hydrogen-bond donors (Lipinski definition) is 0. The summed E-state index contributed by atoms with van der Waals surface area (Å²) >= 11 is 4.68. The van der Waals surface area contributed by atoms with Crippen LogP contribution in [0.3, 0.4) is 0 Å². The van der Waals surface area contributed by atoms with Crippen LogP contribution in [-0.2, 0) is 19.7 Å². The minimum absolute atomic E-state index is 0.141. The van der Waals surface area contributed by atoms with Gasteiger partial charge >= 0.3 is 5.97 Å². The van der Waals surface area contributed by atoms with Crippen molar-refractivity contribution in [2.75, 3.05) is 18.5 Å². The molecule has 2 atom stereocenters. The number of carbonyl (C=O) groups is 2. The SMILES string of the molecule is CCOC(=O)C(C)Sc1cccc2c1OCCC2(C)C(=O)CBr. The van der Waals surface area contributed by atoms with Gasteiger partial charge in [-0.15, -0.1) is 11.8 Å². The van der Waals surface area contributed by atoms with Crippen molar-refractivity contribution in [1.82, 2.24) is 0 Å². The topological polar surface area (TPSA) is 52.6 Å². The van der Waals surface area contributed by atoms with Crippen LogP contribution >= 0.6 is 27.7 Å². The Morgan fingerprint density at radius 3 is 2.87 bits per heavy atom. The summed E-state index contributed by atoms with van der Waals surface area (Å²) in [4.78, 5) is 25.1. The number of thioether (sulfide) groups is 1. The summed E-state index contributed by atoms with van der Waals surface area (Å²) in [5.41, 5.74) is 0.343.